The number of nitrogens with zero attached hydrogens (tertiary/aromatic N) is 3. The van der Waals surface area contributed by atoms with Crippen molar-refractivity contribution in [1.29, 1.82) is 0 Å². The van der Waals surface area contributed by atoms with E-state index < -0.39 is 0 Å². The highest BCUT2D eigenvalue weighted by Crippen LogP contribution is 2.24. The molecule has 1 aromatic rings. The Kier molecular flexibility index (Phi) is 4.43. The van der Waals surface area contributed by atoms with Gasteiger partial charge in [0, 0.05) is 45.3 Å². The fourth-order valence-electron chi connectivity index (χ4n) is 3.41. The highest BCUT2D eigenvalue weighted by atomic mass is 16.2. The summed E-state index contributed by atoms with van der Waals surface area (Å²) in [4.78, 5) is 30.3. The third-order valence-corrected chi connectivity index (χ3v) is 4.68. The van der Waals surface area contributed by atoms with Gasteiger partial charge < -0.3 is 9.80 Å². The van der Waals surface area contributed by atoms with Crippen LogP contribution in [0.4, 0.5) is 5.69 Å². The Morgan fingerprint density at radius 2 is 1.73 bits per heavy atom. The zero-order valence-electron chi connectivity index (χ0n) is 13.1. The van der Waals surface area contributed by atoms with Crippen LogP contribution in [0.25, 0.3) is 0 Å². The number of anilines is 1. The minimum Gasteiger partial charge on any atom is -0.340 e. The Morgan fingerprint density at radius 3 is 2.36 bits per heavy atom. The van der Waals surface area contributed by atoms with Crippen LogP contribution in [0.5, 0.6) is 0 Å². The van der Waals surface area contributed by atoms with E-state index in [0.717, 1.165) is 51.3 Å². The van der Waals surface area contributed by atoms with Crippen LogP contribution in [0.1, 0.15) is 19.8 Å². The lowest BCUT2D eigenvalue weighted by Crippen LogP contribution is -2.58. The van der Waals surface area contributed by atoms with Crippen molar-refractivity contribution in [3.05, 3.63) is 30.3 Å². The molecule has 0 radical (unpaired) electrons. The summed E-state index contributed by atoms with van der Waals surface area (Å²) in [5.41, 5.74) is 0.986. The lowest BCUT2D eigenvalue weighted by atomic mass is 10.0. The molecule has 2 heterocycles. The molecule has 2 amide bonds. The second-order valence-electron chi connectivity index (χ2n) is 6.03. The number of piperidine rings is 1. The van der Waals surface area contributed by atoms with Crippen molar-refractivity contribution in [3.63, 3.8) is 0 Å². The molecule has 1 atom stereocenters. The van der Waals surface area contributed by atoms with Crippen LogP contribution in [-0.4, -0.2) is 60.4 Å². The minimum atomic E-state index is -0.0388. The molecule has 2 aliphatic rings. The van der Waals surface area contributed by atoms with Gasteiger partial charge in [-0.05, 0) is 25.0 Å². The topological polar surface area (TPSA) is 43.9 Å². The largest absolute Gasteiger partial charge is 0.340 e. The highest BCUT2D eigenvalue weighted by Gasteiger charge is 2.35. The molecule has 0 bridgehead atoms. The van der Waals surface area contributed by atoms with Crippen LogP contribution >= 0.6 is 0 Å². The third-order valence-electron chi connectivity index (χ3n) is 4.68. The summed E-state index contributed by atoms with van der Waals surface area (Å²) < 4.78 is 0. The first kappa shape index (κ1) is 15.0. The lowest BCUT2D eigenvalue weighted by Gasteiger charge is -2.42. The van der Waals surface area contributed by atoms with Gasteiger partial charge >= 0.3 is 0 Å². The molecular formula is C17H23N3O2. The van der Waals surface area contributed by atoms with Gasteiger partial charge in [-0.25, -0.2) is 0 Å². The van der Waals surface area contributed by atoms with Crippen molar-refractivity contribution < 1.29 is 9.59 Å². The second kappa shape index (κ2) is 6.48. The predicted molar refractivity (Wildman–Crippen MR) is 85.6 cm³/mol. The molecule has 2 fully saturated rings. The lowest BCUT2D eigenvalue weighted by molar-refractivity contribution is -0.132. The molecule has 3 rings (SSSR count). The molecule has 118 valence electrons. The van der Waals surface area contributed by atoms with Crippen molar-refractivity contribution in [1.82, 2.24) is 9.80 Å². The van der Waals surface area contributed by atoms with Crippen molar-refractivity contribution in [2.45, 2.75) is 25.8 Å². The third kappa shape index (κ3) is 2.99. The number of para-hydroxylation sites is 1. The Bertz CT molecular complexity index is 538. The molecule has 5 heteroatoms. The van der Waals surface area contributed by atoms with Gasteiger partial charge in [-0.15, -0.1) is 0 Å². The maximum absolute atomic E-state index is 12.8. The van der Waals surface area contributed by atoms with Crippen molar-refractivity contribution in [3.8, 4) is 0 Å². The van der Waals surface area contributed by atoms with Gasteiger partial charge in [0.15, 0.2) is 0 Å². The average molecular weight is 301 g/mol. The Balaban J connectivity index is 1.67. The summed E-state index contributed by atoms with van der Waals surface area (Å²) in [5, 5.41) is 0. The molecule has 22 heavy (non-hydrogen) atoms. The van der Waals surface area contributed by atoms with Gasteiger partial charge in [0.05, 0.1) is 6.04 Å². The Hall–Kier alpha value is -1.88. The minimum absolute atomic E-state index is 0.0388. The van der Waals surface area contributed by atoms with Crippen molar-refractivity contribution in [2.75, 3.05) is 37.6 Å². The van der Waals surface area contributed by atoms with Gasteiger partial charge in [0.2, 0.25) is 11.8 Å². The van der Waals surface area contributed by atoms with Crippen molar-refractivity contribution >= 4 is 17.5 Å². The molecule has 2 aliphatic heterocycles. The monoisotopic (exact) mass is 301 g/mol. The standard InChI is InChI=1S/C17H23N3O2/c1-14(21)18-10-12-19(13-11-18)16-8-5-9-20(17(16)22)15-6-3-2-4-7-15/h2-4,6-7,16H,5,8-13H2,1H3/t16-/m1/s1. The van der Waals surface area contributed by atoms with Gasteiger partial charge in [0.25, 0.3) is 0 Å². The maximum Gasteiger partial charge on any atom is 0.244 e. The summed E-state index contributed by atoms with van der Waals surface area (Å²) >= 11 is 0. The van der Waals surface area contributed by atoms with Crippen LogP contribution in [0, 0.1) is 0 Å². The number of benzene rings is 1. The summed E-state index contributed by atoms with van der Waals surface area (Å²) in [6.07, 6.45) is 1.94. The molecule has 1 aromatic carbocycles. The molecule has 5 nitrogen and oxygen atoms in total. The Labute approximate surface area is 131 Å². The van der Waals surface area contributed by atoms with E-state index in [9.17, 15) is 9.59 Å². The molecule has 0 spiro atoms. The van der Waals surface area contributed by atoms with Crippen LogP contribution in [0.3, 0.4) is 0 Å². The Morgan fingerprint density at radius 1 is 1.05 bits per heavy atom. The number of carbonyl (C=O) groups is 2. The van der Waals surface area contributed by atoms with Crippen LogP contribution in [0.2, 0.25) is 0 Å². The summed E-state index contributed by atoms with van der Waals surface area (Å²) in [7, 11) is 0. The fraction of sp³-hybridized carbons (Fsp3) is 0.529. The van der Waals surface area contributed by atoms with Crippen LogP contribution in [-0.2, 0) is 9.59 Å². The van der Waals surface area contributed by atoms with E-state index in [2.05, 4.69) is 4.90 Å². The number of hydrogen-bond donors (Lipinski definition) is 0. The van der Waals surface area contributed by atoms with Crippen LogP contribution < -0.4 is 4.90 Å². The van der Waals surface area contributed by atoms with E-state index in [4.69, 9.17) is 0 Å². The molecule has 0 saturated carbocycles. The van der Waals surface area contributed by atoms with E-state index in [0.29, 0.717) is 0 Å². The van der Waals surface area contributed by atoms with Gasteiger partial charge in [-0.1, -0.05) is 18.2 Å². The van der Waals surface area contributed by atoms with E-state index in [-0.39, 0.29) is 17.9 Å². The number of rotatable bonds is 2. The molecule has 0 aromatic heterocycles. The summed E-state index contributed by atoms with van der Waals surface area (Å²) in [6, 6.07) is 9.86. The predicted octanol–water partition coefficient (Wildman–Crippen LogP) is 1.35. The second-order valence-corrected chi connectivity index (χ2v) is 6.03. The number of carbonyl (C=O) groups excluding carboxylic acids is 2. The van der Waals surface area contributed by atoms with Gasteiger partial charge in [-0.3, -0.25) is 14.5 Å². The normalized spacial score (nSPS) is 23.7. The number of amides is 2. The zero-order valence-corrected chi connectivity index (χ0v) is 13.1. The first-order valence-corrected chi connectivity index (χ1v) is 8.03. The van der Waals surface area contributed by atoms with E-state index in [1.165, 1.54) is 0 Å². The van der Waals surface area contributed by atoms with Gasteiger partial charge in [0.1, 0.15) is 0 Å². The van der Waals surface area contributed by atoms with E-state index in [1.54, 1.807) is 6.92 Å². The van der Waals surface area contributed by atoms with Crippen LogP contribution in [0.15, 0.2) is 30.3 Å². The highest BCUT2D eigenvalue weighted by molar-refractivity contribution is 5.97. The summed E-state index contributed by atoms with van der Waals surface area (Å²) in [5.74, 6) is 0.328. The van der Waals surface area contributed by atoms with Gasteiger partial charge in [-0.2, -0.15) is 0 Å². The van der Waals surface area contributed by atoms with E-state index in [1.807, 2.05) is 40.1 Å². The first-order chi connectivity index (χ1) is 10.7. The SMILES string of the molecule is CC(=O)N1CCN([C@@H]2CCCN(c3ccccc3)C2=O)CC1. The molecule has 0 unspecified atom stereocenters. The average Bonchev–Trinajstić information content (AvgIpc) is 2.56. The summed E-state index contributed by atoms with van der Waals surface area (Å²) in [6.45, 7) is 5.44. The number of piperazine rings is 1. The molecule has 2 saturated heterocycles. The smallest absolute Gasteiger partial charge is 0.244 e. The molecule has 0 N–H and O–H groups in total. The first-order valence-electron chi connectivity index (χ1n) is 8.03. The molecule has 0 aliphatic carbocycles. The quantitative estimate of drug-likeness (QED) is 0.828. The fourth-order valence-corrected chi connectivity index (χ4v) is 3.41. The maximum atomic E-state index is 12.8. The zero-order chi connectivity index (χ0) is 15.5. The van der Waals surface area contributed by atoms with Crippen molar-refractivity contribution in [2.24, 2.45) is 0 Å². The number of hydrogen-bond acceptors (Lipinski definition) is 3. The van der Waals surface area contributed by atoms with E-state index >= 15 is 0 Å². The molecular weight excluding hydrogens is 278 g/mol.